The number of ether oxygens (including phenoxy) is 2. The maximum atomic E-state index is 11.9. The molecule has 1 aromatic heterocycles. The van der Waals surface area contributed by atoms with Crippen molar-refractivity contribution in [1.82, 2.24) is 10.4 Å². The molecule has 0 unspecified atom stereocenters. The molecule has 0 aliphatic heterocycles. The molecule has 0 saturated heterocycles. The van der Waals surface area contributed by atoms with Crippen LogP contribution < -0.4 is 14.9 Å². The zero-order chi connectivity index (χ0) is 15.8. The number of carbonyl (C=O) groups excluding carboxylic acids is 1. The highest BCUT2D eigenvalue weighted by Gasteiger charge is 2.08. The first kappa shape index (κ1) is 15.5. The predicted octanol–water partition coefficient (Wildman–Crippen LogP) is 2.25. The van der Waals surface area contributed by atoms with Crippen LogP contribution in [0.4, 0.5) is 0 Å². The zero-order valence-electron chi connectivity index (χ0n) is 12.4. The Kier molecular flexibility index (Phi) is 5.48. The average molecular weight is 299 g/mol. The fraction of sp³-hybridized carbons (Fsp3) is 0.188. The molecule has 0 radical (unpaired) electrons. The number of amides is 1. The van der Waals surface area contributed by atoms with Crippen molar-refractivity contribution in [3.05, 3.63) is 53.9 Å². The third kappa shape index (κ3) is 3.82. The normalized spacial score (nSPS) is 10.5. The van der Waals surface area contributed by atoms with Gasteiger partial charge in [-0.2, -0.15) is 5.10 Å². The lowest BCUT2D eigenvalue weighted by atomic mass is 10.2. The molecule has 2 aromatic rings. The monoisotopic (exact) mass is 299 g/mol. The Balaban J connectivity index is 2.10. The lowest BCUT2D eigenvalue weighted by Crippen LogP contribution is -2.17. The molecular formula is C16H17N3O3. The van der Waals surface area contributed by atoms with E-state index in [0.29, 0.717) is 29.2 Å². The largest absolute Gasteiger partial charge is 0.492 e. The number of pyridine rings is 1. The Bertz CT molecular complexity index is 657. The van der Waals surface area contributed by atoms with Gasteiger partial charge < -0.3 is 9.47 Å². The van der Waals surface area contributed by atoms with Crippen LogP contribution in [0.1, 0.15) is 22.8 Å². The van der Waals surface area contributed by atoms with Crippen LogP contribution in [-0.4, -0.2) is 30.8 Å². The van der Waals surface area contributed by atoms with Gasteiger partial charge in [-0.3, -0.25) is 9.78 Å². The summed E-state index contributed by atoms with van der Waals surface area (Å²) in [4.78, 5) is 15.7. The van der Waals surface area contributed by atoms with E-state index in [1.807, 2.05) is 25.1 Å². The molecule has 6 heteroatoms. The number of rotatable bonds is 6. The third-order valence-electron chi connectivity index (χ3n) is 2.83. The van der Waals surface area contributed by atoms with E-state index >= 15 is 0 Å². The second-order valence-corrected chi connectivity index (χ2v) is 4.25. The van der Waals surface area contributed by atoms with E-state index in [0.717, 1.165) is 0 Å². The van der Waals surface area contributed by atoms with E-state index < -0.39 is 0 Å². The lowest BCUT2D eigenvalue weighted by molar-refractivity contribution is 0.0955. The number of hydrogen-bond donors (Lipinski definition) is 1. The van der Waals surface area contributed by atoms with Crippen LogP contribution in [0, 0.1) is 0 Å². The van der Waals surface area contributed by atoms with E-state index in [9.17, 15) is 4.79 Å². The van der Waals surface area contributed by atoms with Crippen LogP contribution in [0.25, 0.3) is 0 Å². The van der Waals surface area contributed by atoms with Crippen molar-refractivity contribution >= 4 is 12.1 Å². The number of hydrazone groups is 1. The standard InChI is InChI=1S/C16H17N3O3/c1-3-22-14-6-4-5-13(15(14)21-2)11-18-19-16(20)12-7-9-17-10-8-12/h4-11H,3H2,1-2H3,(H,19,20)/b18-11-. The minimum absolute atomic E-state index is 0.307. The van der Waals surface area contributed by atoms with E-state index in [1.54, 1.807) is 31.6 Å². The molecule has 1 aromatic carbocycles. The van der Waals surface area contributed by atoms with Crippen molar-refractivity contribution in [3.63, 3.8) is 0 Å². The van der Waals surface area contributed by atoms with Gasteiger partial charge in [0.2, 0.25) is 0 Å². The van der Waals surface area contributed by atoms with Crippen LogP contribution in [0.15, 0.2) is 47.8 Å². The number of para-hydroxylation sites is 1. The molecular weight excluding hydrogens is 282 g/mol. The van der Waals surface area contributed by atoms with E-state index in [1.165, 1.54) is 6.21 Å². The summed E-state index contributed by atoms with van der Waals surface area (Å²) in [6.07, 6.45) is 4.61. The Morgan fingerprint density at radius 1 is 1.32 bits per heavy atom. The van der Waals surface area contributed by atoms with Gasteiger partial charge in [0, 0.05) is 23.5 Å². The van der Waals surface area contributed by atoms with Gasteiger partial charge in [0.25, 0.3) is 5.91 Å². The second kappa shape index (κ2) is 7.78. The van der Waals surface area contributed by atoms with Crippen LogP contribution >= 0.6 is 0 Å². The molecule has 0 spiro atoms. The SMILES string of the molecule is CCOc1cccc(/C=N\NC(=O)c2ccncc2)c1OC. The molecule has 1 N–H and O–H groups in total. The minimum Gasteiger partial charge on any atom is -0.492 e. The Labute approximate surface area is 128 Å². The smallest absolute Gasteiger partial charge is 0.271 e. The van der Waals surface area contributed by atoms with Crippen molar-refractivity contribution in [2.45, 2.75) is 6.92 Å². The number of benzene rings is 1. The summed E-state index contributed by atoms with van der Waals surface area (Å²) in [5.41, 5.74) is 3.66. The van der Waals surface area contributed by atoms with Crippen molar-refractivity contribution in [2.75, 3.05) is 13.7 Å². The maximum absolute atomic E-state index is 11.9. The number of nitrogens with one attached hydrogen (secondary N) is 1. The number of nitrogens with zero attached hydrogens (tertiary/aromatic N) is 2. The highest BCUT2D eigenvalue weighted by Crippen LogP contribution is 2.29. The van der Waals surface area contributed by atoms with Gasteiger partial charge in [-0.25, -0.2) is 5.43 Å². The molecule has 0 fully saturated rings. The van der Waals surface area contributed by atoms with Crippen molar-refractivity contribution < 1.29 is 14.3 Å². The molecule has 0 aliphatic carbocycles. The summed E-state index contributed by atoms with van der Waals surface area (Å²) in [5, 5.41) is 3.95. The lowest BCUT2D eigenvalue weighted by Gasteiger charge is -2.11. The first-order valence-electron chi connectivity index (χ1n) is 6.79. The number of methoxy groups -OCH3 is 1. The molecule has 1 heterocycles. The first-order chi connectivity index (χ1) is 10.8. The fourth-order valence-corrected chi connectivity index (χ4v) is 1.85. The molecule has 114 valence electrons. The zero-order valence-corrected chi connectivity index (χ0v) is 12.4. The van der Waals surface area contributed by atoms with Crippen LogP contribution in [0.5, 0.6) is 11.5 Å². The highest BCUT2D eigenvalue weighted by molar-refractivity contribution is 5.95. The van der Waals surface area contributed by atoms with E-state index in [2.05, 4.69) is 15.5 Å². The van der Waals surface area contributed by atoms with Crippen molar-refractivity contribution in [3.8, 4) is 11.5 Å². The van der Waals surface area contributed by atoms with Gasteiger partial charge >= 0.3 is 0 Å². The van der Waals surface area contributed by atoms with Gasteiger partial charge in [0.05, 0.1) is 19.9 Å². The summed E-state index contributed by atoms with van der Waals surface area (Å²) in [5.74, 6) is 0.902. The average Bonchev–Trinajstić information content (AvgIpc) is 2.56. The summed E-state index contributed by atoms with van der Waals surface area (Å²) in [7, 11) is 1.56. The quantitative estimate of drug-likeness (QED) is 0.656. The van der Waals surface area contributed by atoms with Crippen LogP contribution in [0.3, 0.4) is 0 Å². The molecule has 0 aliphatic rings. The Hall–Kier alpha value is -2.89. The van der Waals surface area contributed by atoms with E-state index in [4.69, 9.17) is 9.47 Å². The van der Waals surface area contributed by atoms with Gasteiger partial charge in [0.1, 0.15) is 0 Å². The first-order valence-corrected chi connectivity index (χ1v) is 6.79. The van der Waals surface area contributed by atoms with Crippen molar-refractivity contribution in [2.24, 2.45) is 5.10 Å². The highest BCUT2D eigenvalue weighted by atomic mass is 16.5. The van der Waals surface area contributed by atoms with Gasteiger partial charge in [0.15, 0.2) is 11.5 Å². The minimum atomic E-state index is -0.307. The van der Waals surface area contributed by atoms with Gasteiger partial charge in [-0.15, -0.1) is 0 Å². The van der Waals surface area contributed by atoms with Gasteiger partial charge in [-0.05, 0) is 31.2 Å². The number of hydrogen-bond acceptors (Lipinski definition) is 5. The topological polar surface area (TPSA) is 72.8 Å². The summed E-state index contributed by atoms with van der Waals surface area (Å²) in [6, 6.07) is 8.69. The number of carbonyl (C=O) groups is 1. The Morgan fingerprint density at radius 3 is 2.77 bits per heavy atom. The molecule has 2 rings (SSSR count). The molecule has 0 saturated carbocycles. The van der Waals surface area contributed by atoms with Crippen LogP contribution in [-0.2, 0) is 0 Å². The molecule has 0 atom stereocenters. The van der Waals surface area contributed by atoms with Crippen molar-refractivity contribution in [1.29, 1.82) is 0 Å². The summed E-state index contributed by atoms with van der Waals surface area (Å²) in [6.45, 7) is 2.44. The molecule has 22 heavy (non-hydrogen) atoms. The summed E-state index contributed by atoms with van der Waals surface area (Å²) < 4.78 is 10.8. The molecule has 1 amide bonds. The Morgan fingerprint density at radius 2 is 2.09 bits per heavy atom. The molecule has 6 nitrogen and oxygen atoms in total. The maximum Gasteiger partial charge on any atom is 0.271 e. The predicted molar refractivity (Wildman–Crippen MR) is 83.5 cm³/mol. The molecule has 0 bridgehead atoms. The number of aromatic nitrogens is 1. The second-order valence-electron chi connectivity index (χ2n) is 4.25. The summed E-state index contributed by atoms with van der Waals surface area (Å²) >= 11 is 0. The van der Waals surface area contributed by atoms with Crippen LogP contribution in [0.2, 0.25) is 0 Å². The fourth-order valence-electron chi connectivity index (χ4n) is 1.85. The third-order valence-corrected chi connectivity index (χ3v) is 2.83. The van der Waals surface area contributed by atoms with E-state index in [-0.39, 0.29) is 5.91 Å². The van der Waals surface area contributed by atoms with Gasteiger partial charge in [-0.1, -0.05) is 6.07 Å².